The number of para-hydroxylation sites is 1. The molecular formula is C19H29NO. The Hall–Kier alpha value is -1.70. The Balaban J connectivity index is 3.14. The molecule has 2 N–H and O–H groups in total. The maximum atomic E-state index is 9.79. The quantitative estimate of drug-likeness (QED) is 0.468. The molecule has 0 saturated heterocycles. The van der Waals surface area contributed by atoms with Crippen molar-refractivity contribution in [2.24, 2.45) is 5.92 Å². The molecule has 1 aromatic rings. The molecule has 0 aromatic heterocycles. The van der Waals surface area contributed by atoms with Crippen LogP contribution in [0.4, 0.5) is 5.69 Å². The summed E-state index contributed by atoms with van der Waals surface area (Å²) in [5.74, 6) is 0.677. The third kappa shape index (κ3) is 4.96. The van der Waals surface area contributed by atoms with Gasteiger partial charge in [-0.15, -0.1) is 0 Å². The minimum Gasteiger partial charge on any atom is -0.515 e. The molecule has 0 bridgehead atoms. The predicted octanol–water partition coefficient (Wildman–Crippen LogP) is 5.79. The highest BCUT2D eigenvalue weighted by Crippen LogP contribution is 2.32. The van der Waals surface area contributed by atoms with Crippen LogP contribution < -0.4 is 5.32 Å². The van der Waals surface area contributed by atoms with Crippen LogP contribution in [-0.2, 0) is 0 Å². The highest BCUT2D eigenvalue weighted by molar-refractivity contribution is 5.84. The van der Waals surface area contributed by atoms with E-state index < -0.39 is 0 Å². The fourth-order valence-corrected chi connectivity index (χ4v) is 2.39. The first-order chi connectivity index (χ1) is 10.2. The molecular weight excluding hydrogens is 258 g/mol. The van der Waals surface area contributed by atoms with Gasteiger partial charge in [-0.2, -0.15) is 0 Å². The Morgan fingerprint density at radius 3 is 2.57 bits per heavy atom. The molecule has 2 nitrogen and oxygen atoms in total. The molecule has 0 amide bonds. The maximum absolute atomic E-state index is 9.79. The minimum atomic E-state index is 0.677. The van der Waals surface area contributed by atoms with Crippen LogP contribution in [0, 0.1) is 5.92 Å². The molecule has 1 unspecified atom stereocenters. The summed E-state index contributed by atoms with van der Waals surface area (Å²) in [4.78, 5) is 0. The highest BCUT2D eigenvalue weighted by Gasteiger charge is 2.12. The number of nitrogens with one attached hydrogen (secondary N) is 1. The summed E-state index contributed by atoms with van der Waals surface area (Å²) < 4.78 is 0. The van der Waals surface area contributed by atoms with Crippen molar-refractivity contribution in [1.82, 2.24) is 0 Å². The van der Waals surface area contributed by atoms with Crippen LogP contribution >= 0.6 is 0 Å². The largest absolute Gasteiger partial charge is 0.515 e. The number of allylic oxidation sites excluding steroid dienone is 3. The fourth-order valence-electron chi connectivity index (χ4n) is 2.39. The lowest BCUT2D eigenvalue weighted by Crippen LogP contribution is -1.99. The van der Waals surface area contributed by atoms with Crippen LogP contribution in [0.5, 0.6) is 0 Å². The first-order valence-electron chi connectivity index (χ1n) is 7.98. The van der Waals surface area contributed by atoms with E-state index >= 15 is 0 Å². The van der Waals surface area contributed by atoms with E-state index in [9.17, 15) is 5.11 Å². The molecule has 0 fully saturated rings. The molecule has 0 radical (unpaired) electrons. The van der Waals surface area contributed by atoms with E-state index in [0.29, 0.717) is 5.92 Å². The van der Waals surface area contributed by atoms with Crippen LogP contribution in [0.25, 0.3) is 5.57 Å². The highest BCUT2D eigenvalue weighted by atomic mass is 16.2. The number of aliphatic hydroxyl groups excluding tert-OH is 1. The summed E-state index contributed by atoms with van der Waals surface area (Å²) >= 11 is 0. The molecule has 21 heavy (non-hydrogen) atoms. The van der Waals surface area contributed by atoms with Crippen LogP contribution in [-0.4, -0.2) is 12.2 Å². The number of anilines is 1. The Bertz CT molecular complexity index is 488. The molecule has 0 spiro atoms. The predicted molar refractivity (Wildman–Crippen MR) is 93.7 cm³/mol. The summed E-state index contributed by atoms with van der Waals surface area (Å²) in [6.45, 7) is 6.66. The fraction of sp³-hybridized carbons (Fsp3) is 0.474. The van der Waals surface area contributed by atoms with Gasteiger partial charge in [0.2, 0.25) is 0 Å². The van der Waals surface area contributed by atoms with Gasteiger partial charge < -0.3 is 10.4 Å². The van der Waals surface area contributed by atoms with Gasteiger partial charge in [0.25, 0.3) is 0 Å². The number of hydrogen-bond donors (Lipinski definition) is 2. The Labute approximate surface area is 129 Å². The smallest absolute Gasteiger partial charge is 0.0873 e. The van der Waals surface area contributed by atoms with Gasteiger partial charge in [0, 0.05) is 23.9 Å². The van der Waals surface area contributed by atoms with Crippen molar-refractivity contribution >= 4 is 11.3 Å². The van der Waals surface area contributed by atoms with E-state index in [2.05, 4.69) is 38.2 Å². The Morgan fingerprint density at radius 1 is 1.29 bits per heavy atom. The van der Waals surface area contributed by atoms with E-state index in [4.69, 9.17) is 0 Å². The van der Waals surface area contributed by atoms with Crippen LogP contribution in [0.3, 0.4) is 0 Å². The van der Waals surface area contributed by atoms with Crippen LogP contribution in [0.15, 0.2) is 42.2 Å². The average molecular weight is 287 g/mol. The molecule has 0 saturated carbocycles. The van der Waals surface area contributed by atoms with E-state index in [0.717, 1.165) is 36.1 Å². The second-order valence-electron chi connectivity index (χ2n) is 5.57. The summed E-state index contributed by atoms with van der Waals surface area (Å²) in [5.41, 5.74) is 4.28. The van der Waals surface area contributed by atoms with Gasteiger partial charge in [0.1, 0.15) is 0 Å². The zero-order valence-corrected chi connectivity index (χ0v) is 13.8. The number of benzene rings is 1. The molecule has 2 heteroatoms. The van der Waals surface area contributed by atoms with Gasteiger partial charge in [-0.05, 0) is 30.4 Å². The standard InChI is InChI=1S/C19H29NO/c1-5-9-16(13-12-15(3)6-2)18(14-21)17-10-7-8-11-19(17)20-4/h7-8,10-11,13-15,20-21H,5-6,9,12H2,1-4H3/b16-13+,18-14-. The molecule has 0 aliphatic heterocycles. The zero-order chi connectivity index (χ0) is 15.7. The van der Waals surface area contributed by atoms with Gasteiger partial charge in [0.15, 0.2) is 0 Å². The Kier molecular flexibility index (Phi) is 7.66. The van der Waals surface area contributed by atoms with E-state index in [1.165, 1.54) is 18.3 Å². The lowest BCUT2D eigenvalue weighted by molar-refractivity contribution is 0.475. The monoisotopic (exact) mass is 287 g/mol. The van der Waals surface area contributed by atoms with Crippen molar-refractivity contribution in [3.63, 3.8) is 0 Å². The molecule has 1 aromatic carbocycles. The average Bonchev–Trinajstić information content (AvgIpc) is 2.53. The number of aliphatic hydroxyl groups is 1. The van der Waals surface area contributed by atoms with Crippen molar-refractivity contribution < 1.29 is 5.11 Å². The van der Waals surface area contributed by atoms with Gasteiger partial charge in [-0.1, -0.05) is 57.9 Å². The molecule has 0 aliphatic carbocycles. The first kappa shape index (κ1) is 17.4. The Morgan fingerprint density at radius 2 is 2.00 bits per heavy atom. The van der Waals surface area contributed by atoms with E-state index in [1.54, 1.807) is 0 Å². The van der Waals surface area contributed by atoms with E-state index in [1.807, 2.05) is 25.2 Å². The number of hydrogen-bond acceptors (Lipinski definition) is 2. The van der Waals surface area contributed by atoms with Crippen LogP contribution in [0.2, 0.25) is 0 Å². The molecule has 1 rings (SSSR count). The first-order valence-corrected chi connectivity index (χ1v) is 7.98. The molecule has 0 heterocycles. The van der Waals surface area contributed by atoms with Crippen molar-refractivity contribution in [3.8, 4) is 0 Å². The summed E-state index contributed by atoms with van der Waals surface area (Å²) in [5, 5.41) is 13.0. The second kappa shape index (κ2) is 9.28. The lowest BCUT2D eigenvalue weighted by atomic mass is 9.92. The summed E-state index contributed by atoms with van der Waals surface area (Å²) in [6, 6.07) is 8.11. The zero-order valence-electron chi connectivity index (χ0n) is 13.8. The maximum Gasteiger partial charge on any atom is 0.0873 e. The summed E-state index contributed by atoms with van der Waals surface area (Å²) in [7, 11) is 1.91. The van der Waals surface area contributed by atoms with Crippen molar-refractivity contribution in [2.45, 2.75) is 46.5 Å². The van der Waals surface area contributed by atoms with Crippen molar-refractivity contribution in [1.29, 1.82) is 0 Å². The normalized spacial score (nSPS) is 14.1. The van der Waals surface area contributed by atoms with Gasteiger partial charge in [-0.3, -0.25) is 0 Å². The summed E-state index contributed by atoms with van der Waals surface area (Å²) in [6.07, 6.45) is 7.86. The van der Waals surface area contributed by atoms with E-state index in [-0.39, 0.29) is 0 Å². The molecule has 116 valence electrons. The van der Waals surface area contributed by atoms with Gasteiger partial charge in [-0.25, -0.2) is 0 Å². The third-order valence-corrected chi connectivity index (χ3v) is 3.94. The van der Waals surface area contributed by atoms with Crippen molar-refractivity contribution in [2.75, 3.05) is 12.4 Å². The van der Waals surface area contributed by atoms with Gasteiger partial charge in [0.05, 0.1) is 6.26 Å². The number of rotatable bonds is 8. The minimum absolute atomic E-state index is 0.677. The molecule has 1 atom stereocenters. The lowest BCUT2D eigenvalue weighted by Gasteiger charge is -2.16. The van der Waals surface area contributed by atoms with Crippen LogP contribution in [0.1, 0.15) is 52.0 Å². The second-order valence-corrected chi connectivity index (χ2v) is 5.57. The topological polar surface area (TPSA) is 32.3 Å². The third-order valence-electron chi connectivity index (χ3n) is 3.94. The molecule has 0 aliphatic rings. The SMILES string of the molecule is CCCC(=C\CC(C)CC)/C(=C/O)c1ccccc1NC. The van der Waals surface area contributed by atoms with Gasteiger partial charge >= 0.3 is 0 Å². The van der Waals surface area contributed by atoms with Crippen molar-refractivity contribution in [3.05, 3.63) is 47.7 Å².